The van der Waals surface area contributed by atoms with Crippen molar-refractivity contribution >= 4 is 5.69 Å². The molecule has 2 heterocycles. The standard InChI is InChI=1S/C12H15N3O/c13-8-12-11(2-1-5-14-12)15-6-3-10-4-7-16-9-10/h1-2,5,10,15H,3-4,6-7,9H2. The summed E-state index contributed by atoms with van der Waals surface area (Å²) in [6.07, 6.45) is 3.87. The number of rotatable bonds is 4. The number of hydrogen-bond acceptors (Lipinski definition) is 4. The Labute approximate surface area is 95.3 Å². The van der Waals surface area contributed by atoms with Crippen molar-refractivity contribution in [3.63, 3.8) is 0 Å². The molecule has 1 aromatic rings. The molecule has 0 aliphatic carbocycles. The van der Waals surface area contributed by atoms with Crippen LogP contribution in [0.25, 0.3) is 0 Å². The topological polar surface area (TPSA) is 57.9 Å². The first-order valence-electron chi connectivity index (χ1n) is 5.57. The first-order chi connectivity index (χ1) is 7.90. The van der Waals surface area contributed by atoms with Crippen LogP contribution in [0.15, 0.2) is 18.3 Å². The van der Waals surface area contributed by atoms with Crippen LogP contribution in [-0.4, -0.2) is 24.7 Å². The van der Waals surface area contributed by atoms with E-state index in [2.05, 4.69) is 16.4 Å². The van der Waals surface area contributed by atoms with Crippen LogP contribution in [0.5, 0.6) is 0 Å². The van der Waals surface area contributed by atoms with Crippen LogP contribution in [0.1, 0.15) is 18.5 Å². The van der Waals surface area contributed by atoms with Crippen LogP contribution in [0.4, 0.5) is 5.69 Å². The van der Waals surface area contributed by atoms with E-state index in [0.29, 0.717) is 11.6 Å². The number of nitrogens with zero attached hydrogens (tertiary/aromatic N) is 2. The summed E-state index contributed by atoms with van der Waals surface area (Å²) in [5, 5.41) is 12.1. The molecule has 1 aliphatic heterocycles. The van der Waals surface area contributed by atoms with Crippen LogP contribution < -0.4 is 5.32 Å². The van der Waals surface area contributed by atoms with Gasteiger partial charge < -0.3 is 10.1 Å². The SMILES string of the molecule is N#Cc1ncccc1NCCC1CCOC1. The zero-order valence-electron chi connectivity index (χ0n) is 9.15. The van der Waals surface area contributed by atoms with E-state index in [1.54, 1.807) is 6.20 Å². The fraction of sp³-hybridized carbons (Fsp3) is 0.500. The summed E-state index contributed by atoms with van der Waals surface area (Å²) in [6.45, 7) is 2.63. The van der Waals surface area contributed by atoms with E-state index in [0.717, 1.165) is 38.3 Å². The Morgan fingerprint density at radius 2 is 2.56 bits per heavy atom. The molecule has 4 heteroatoms. The number of nitriles is 1. The molecule has 1 atom stereocenters. The van der Waals surface area contributed by atoms with Crippen LogP contribution in [-0.2, 0) is 4.74 Å². The minimum Gasteiger partial charge on any atom is -0.383 e. The lowest BCUT2D eigenvalue weighted by atomic mass is 10.1. The summed E-state index contributed by atoms with van der Waals surface area (Å²) in [4.78, 5) is 4.00. The molecule has 0 bridgehead atoms. The van der Waals surface area contributed by atoms with Gasteiger partial charge in [0.15, 0.2) is 5.69 Å². The van der Waals surface area contributed by atoms with Gasteiger partial charge in [0.1, 0.15) is 6.07 Å². The second-order valence-corrected chi connectivity index (χ2v) is 3.96. The molecule has 1 unspecified atom stereocenters. The van der Waals surface area contributed by atoms with Gasteiger partial charge in [-0.25, -0.2) is 4.98 Å². The van der Waals surface area contributed by atoms with Crippen molar-refractivity contribution in [2.24, 2.45) is 5.92 Å². The highest BCUT2D eigenvalue weighted by Crippen LogP contribution is 2.17. The quantitative estimate of drug-likeness (QED) is 0.835. The molecule has 0 radical (unpaired) electrons. The van der Waals surface area contributed by atoms with Crippen LogP contribution >= 0.6 is 0 Å². The number of anilines is 1. The van der Waals surface area contributed by atoms with Crippen molar-refractivity contribution < 1.29 is 4.74 Å². The fourth-order valence-corrected chi connectivity index (χ4v) is 1.86. The molecule has 1 N–H and O–H groups in total. The van der Waals surface area contributed by atoms with Gasteiger partial charge in [-0.3, -0.25) is 0 Å². The summed E-state index contributed by atoms with van der Waals surface area (Å²) in [6, 6.07) is 5.80. The monoisotopic (exact) mass is 217 g/mol. The summed E-state index contributed by atoms with van der Waals surface area (Å²) >= 11 is 0. The third kappa shape index (κ3) is 2.71. The van der Waals surface area contributed by atoms with E-state index >= 15 is 0 Å². The molecule has 0 aromatic carbocycles. The van der Waals surface area contributed by atoms with E-state index in [1.807, 2.05) is 12.1 Å². The van der Waals surface area contributed by atoms with E-state index < -0.39 is 0 Å². The van der Waals surface area contributed by atoms with Crippen molar-refractivity contribution in [1.82, 2.24) is 4.98 Å². The largest absolute Gasteiger partial charge is 0.383 e. The smallest absolute Gasteiger partial charge is 0.163 e. The molecule has 0 amide bonds. The van der Waals surface area contributed by atoms with Gasteiger partial charge in [0.05, 0.1) is 5.69 Å². The number of hydrogen-bond donors (Lipinski definition) is 1. The van der Waals surface area contributed by atoms with Gasteiger partial charge in [0.25, 0.3) is 0 Å². The minimum atomic E-state index is 0.463. The summed E-state index contributed by atoms with van der Waals surface area (Å²) < 4.78 is 5.31. The van der Waals surface area contributed by atoms with E-state index in [4.69, 9.17) is 10.00 Å². The Morgan fingerprint density at radius 3 is 3.31 bits per heavy atom. The van der Waals surface area contributed by atoms with E-state index in [-0.39, 0.29) is 0 Å². The highest BCUT2D eigenvalue weighted by atomic mass is 16.5. The van der Waals surface area contributed by atoms with Crippen molar-refractivity contribution in [2.45, 2.75) is 12.8 Å². The Hall–Kier alpha value is -1.60. The van der Waals surface area contributed by atoms with Gasteiger partial charge in [0.2, 0.25) is 0 Å². The molecule has 2 rings (SSSR count). The van der Waals surface area contributed by atoms with Gasteiger partial charge >= 0.3 is 0 Å². The molecule has 84 valence electrons. The predicted octanol–water partition coefficient (Wildman–Crippen LogP) is 1.79. The second kappa shape index (κ2) is 5.47. The lowest BCUT2D eigenvalue weighted by Gasteiger charge is -2.10. The molecule has 0 spiro atoms. The molecule has 4 nitrogen and oxygen atoms in total. The summed E-state index contributed by atoms with van der Waals surface area (Å²) in [5.74, 6) is 0.662. The van der Waals surface area contributed by atoms with Crippen LogP contribution in [0.3, 0.4) is 0 Å². The van der Waals surface area contributed by atoms with Crippen molar-refractivity contribution in [2.75, 3.05) is 25.1 Å². The zero-order chi connectivity index (χ0) is 11.2. The van der Waals surface area contributed by atoms with Gasteiger partial charge in [-0.1, -0.05) is 0 Å². The maximum atomic E-state index is 8.86. The summed E-state index contributed by atoms with van der Waals surface area (Å²) in [7, 11) is 0. The number of ether oxygens (including phenoxy) is 1. The normalized spacial score (nSPS) is 19.3. The molecule has 16 heavy (non-hydrogen) atoms. The maximum Gasteiger partial charge on any atom is 0.163 e. The molecular weight excluding hydrogens is 202 g/mol. The molecular formula is C12H15N3O. The third-order valence-electron chi connectivity index (χ3n) is 2.81. The van der Waals surface area contributed by atoms with Gasteiger partial charge in [-0.15, -0.1) is 0 Å². The predicted molar refractivity (Wildman–Crippen MR) is 61.0 cm³/mol. The highest BCUT2D eigenvalue weighted by molar-refractivity contribution is 5.53. The fourth-order valence-electron chi connectivity index (χ4n) is 1.86. The first-order valence-corrected chi connectivity index (χ1v) is 5.57. The average Bonchev–Trinajstić information content (AvgIpc) is 2.83. The van der Waals surface area contributed by atoms with Crippen molar-refractivity contribution in [3.05, 3.63) is 24.0 Å². The number of pyridine rings is 1. The Kier molecular flexibility index (Phi) is 3.73. The van der Waals surface area contributed by atoms with Crippen LogP contribution in [0.2, 0.25) is 0 Å². The van der Waals surface area contributed by atoms with Crippen molar-refractivity contribution in [1.29, 1.82) is 5.26 Å². The average molecular weight is 217 g/mol. The Balaban J connectivity index is 1.82. The molecule has 1 aromatic heterocycles. The number of aromatic nitrogens is 1. The van der Waals surface area contributed by atoms with E-state index in [1.165, 1.54) is 0 Å². The molecule has 1 saturated heterocycles. The lowest BCUT2D eigenvalue weighted by Crippen LogP contribution is -2.10. The molecule has 1 fully saturated rings. The van der Waals surface area contributed by atoms with Crippen LogP contribution in [0, 0.1) is 17.2 Å². The number of nitrogens with one attached hydrogen (secondary N) is 1. The van der Waals surface area contributed by atoms with E-state index in [9.17, 15) is 0 Å². The van der Waals surface area contributed by atoms with Gasteiger partial charge in [-0.05, 0) is 30.9 Å². The molecule has 0 saturated carbocycles. The Morgan fingerprint density at radius 1 is 1.62 bits per heavy atom. The van der Waals surface area contributed by atoms with Gasteiger partial charge in [0, 0.05) is 26.0 Å². The second-order valence-electron chi connectivity index (χ2n) is 3.96. The van der Waals surface area contributed by atoms with Gasteiger partial charge in [-0.2, -0.15) is 5.26 Å². The maximum absolute atomic E-state index is 8.86. The first kappa shape index (κ1) is 10.9. The zero-order valence-corrected chi connectivity index (χ0v) is 9.15. The molecule has 1 aliphatic rings. The minimum absolute atomic E-state index is 0.463. The lowest BCUT2D eigenvalue weighted by molar-refractivity contribution is 0.185. The third-order valence-corrected chi connectivity index (χ3v) is 2.81. The van der Waals surface area contributed by atoms with Crippen molar-refractivity contribution in [3.8, 4) is 6.07 Å². The Bertz CT molecular complexity index is 380. The highest BCUT2D eigenvalue weighted by Gasteiger charge is 2.14. The summed E-state index contributed by atoms with van der Waals surface area (Å²) in [5.41, 5.74) is 1.29.